The highest BCUT2D eigenvalue weighted by molar-refractivity contribution is 5.17. The van der Waals surface area contributed by atoms with Crippen molar-refractivity contribution in [3.63, 3.8) is 0 Å². The molecule has 1 N–H and O–H groups in total. The van der Waals surface area contributed by atoms with E-state index < -0.39 is 0 Å². The second kappa shape index (κ2) is 8.21. The number of hydrogen-bond acceptors (Lipinski definition) is 3. The molecule has 0 saturated heterocycles. The molecule has 0 heterocycles. The molecule has 0 saturated carbocycles. The highest BCUT2D eigenvalue weighted by Gasteiger charge is 2.18. The predicted octanol–water partition coefficient (Wildman–Crippen LogP) is 2.62. The van der Waals surface area contributed by atoms with Gasteiger partial charge in [0.2, 0.25) is 0 Å². The first-order valence-electron chi connectivity index (χ1n) is 7.13. The third-order valence-electron chi connectivity index (χ3n) is 3.54. The Balaban J connectivity index is 2.09. The van der Waals surface area contributed by atoms with Gasteiger partial charge in [-0.1, -0.05) is 60.7 Å². The normalized spacial score (nSPS) is 12.0. The fourth-order valence-electron chi connectivity index (χ4n) is 2.42. The van der Waals surface area contributed by atoms with Crippen LogP contribution in [0.2, 0.25) is 0 Å². The van der Waals surface area contributed by atoms with Crippen LogP contribution in [0.25, 0.3) is 0 Å². The quantitative estimate of drug-likeness (QED) is 0.793. The summed E-state index contributed by atoms with van der Waals surface area (Å²) < 4.78 is 0. The number of aliphatic hydroxyl groups is 1. The van der Waals surface area contributed by atoms with E-state index in [0.717, 1.165) is 12.0 Å². The maximum absolute atomic E-state index is 9.71. The van der Waals surface area contributed by atoms with Gasteiger partial charge in [-0.05, 0) is 17.5 Å². The van der Waals surface area contributed by atoms with Gasteiger partial charge in [0, 0.05) is 12.6 Å². The molecule has 3 heteroatoms. The summed E-state index contributed by atoms with van der Waals surface area (Å²) in [6.45, 7) is 1.03. The molecule has 0 unspecified atom stereocenters. The Morgan fingerprint density at radius 1 is 0.952 bits per heavy atom. The summed E-state index contributed by atoms with van der Waals surface area (Å²) in [5, 5.41) is 18.8. The van der Waals surface area contributed by atoms with E-state index in [1.165, 1.54) is 5.56 Å². The van der Waals surface area contributed by atoms with Crippen molar-refractivity contribution in [1.29, 1.82) is 5.26 Å². The molecule has 2 aromatic rings. The highest BCUT2D eigenvalue weighted by atomic mass is 16.3. The van der Waals surface area contributed by atoms with Crippen molar-refractivity contribution < 1.29 is 5.11 Å². The number of nitrogens with zero attached hydrogens (tertiary/aromatic N) is 2. The monoisotopic (exact) mass is 280 g/mol. The van der Waals surface area contributed by atoms with Gasteiger partial charge in [-0.3, -0.25) is 4.90 Å². The molecule has 0 amide bonds. The second-order valence-corrected chi connectivity index (χ2v) is 5.07. The Hall–Kier alpha value is -2.15. The van der Waals surface area contributed by atoms with Crippen LogP contribution < -0.4 is 0 Å². The number of hydrogen-bond donors (Lipinski definition) is 1. The summed E-state index contributed by atoms with van der Waals surface area (Å²) in [7, 11) is 0. The van der Waals surface area contributed by atoms with E-state index in [1.54, 1.807) is 0 Å². The average Bonchev–Trinajstić information content (AvgIpc) is 2.54. The minimum atomic E-state index is -0.0488. The summed E-state index contributed by atoms with van der Waals surface area (Å²) in [5.74, 6) is 0. The van der Waals surface area contributed by atoms with Crippen molar-refractivity contribution in [3.05, 3.63) is 71.8 Å². The number of rotatable bonds is 7. The summed E-state index contributed by atoms with van der Waals surface area (Å²) in [4.78, 5) is 2.03. The lowest BCUT2D eigenvalue weighted by Gasteiger charge is -2.28. The maximum atomic E-state index is 9.71. The first-order valence-corrected chi connectivity index (χ1v) is 7.13. The summed E-state index contributed by atoms with van der Waals surface area (Å²) in [6.07, 6.45) is 0.742. The van der Waals surface area contributed by atoms with Crippen molar-refractivity contribution in [2.45, 2.75) is 19.0 Å². The van der Waals surface area contributed by atoms with Crippen molar-refractivity contribution in [3.8, 4) is 6.07 Å². The van der Waals surface area contributed by atoms with Gasteiger partial charge in [-0.15, -0.1) is 0 Å². The van der Waals surface area contributed by atoms with E-state index in [9.17, 15) is 5.11 Å². The molecule has 0 aliphatic heterocycles. The minimum absolute atomic E-state index is 0.0450. The Bertz CT molecular complexity index is 563. The van der Waals surface area contributed by atoms with E-state index in [2.05, 4.69) is 18.2 Å². The third-order valence-corrected chi connectivity index (χ3v) is 3.54. The molecule has 0 aliphatic rings. The van der Waals surface area contributed by atoms with Gasteiger partial charge in [0.1, 0.15) is 0 Å². The summed E-state index contributed by atoms with van der Waals surface area (Å²) >= 11 is 0. The van der Waals surface area contributed by atoms with Crippen molar-refractivity contribution in [2.24, 2.45) is 0 Å². The Labute approximate surface area is 126 Å². The molecule has 108 valence electrons. The van der Waals surface area contributed by atoms with Crippen LogP contribution in [0, 0.1) is 11.3 Å². The molecule has 21 heavy (non-hydrogen) atoms. The zero-order valence-electron chi connectivity index (χ0n) is 12.0. The molecule has 0 bridgehead atoms. The number of nitriles is 1. The van der Waals surface area contributed by atoms with Crippen LogP contribution in [0.4, 0.5) is 0 Å². The summed E-state index contributed by atoms with van der Waals surface area (Å²) in [6, 6.07) is 22.3. The first-order chi connectivity index (χ1) is 10.3. The average molecular weight is 280 g/mol. The van der Waals surface area contributed by atoms with Crippen molar-refractivity contribution >= 4 is 0 Å². The molecular weight excluding hydrogens is 260 g/mol. The van der Waals surface area contributed by atoms with Gasteiger partial charge in [-0.25, -0.2) is 0 Å². The molecule has 1 atom stereocenters. The smallest absolute Gasteiger partial charge is 0.0872 e. The molecular formula is C18H20N2O. The maximum Gasteiger partial charge on any atom is 0.0872 e. The van der Waals surface area contributed by atoms with E-state index >= 15 is 0 Å². The van der Waals surface area contributed by atoms with Gasteiger partial charge in [0.25, 0.3) is 0 Å². The van der Waals surface area contributed by atoms with E-state index in [0.29, 0.717) is 13.1 Å². The lowest BCUT2D eigenvalue weighted by Crippen LogP contribution is -2.39. The molecule has 0 aromatic heterocycles. The van der Waals surface area contributed by atoms with Crippen LogP contribution in [0.1, 0.15) is 11.1 Å². The van der Waals surface area contributed by atoms with Crippen molar-refractivity contribution in [1.82, 2.24) is 4.90 Å². The first kappa shape index (κ1) is 15.2. The van der Waals surface area contributed by atoms with Crippen LogP contribution in [0.15, 0.2) is 60.7 Å². The Morgan fingerprint density at radius 3 is 2.05 bits per heavy atom. The van der Waals surface area contributed by atoms with E-state index in [-0.39, 0.29) is 12.6 Å². The van der Waals surface area contributed by atoms with Gasteiger partial charge in [0.15, 0.2) is 0 Å². The highest BCUT2D eigenvalue weighted by Crippen LogP contribution is 2.12. The van der Waals surface area contributed by atoms with E-state index in [4.69, 9.17) is 5.26 Å². The van der Waals surface area contributed by atoms with Gasteiger partial charge in [0.05, 0.1) is 19.2 Å². The van der Waals surface area contributed by atoms with Crippen LogP contribution >= 0.6 is 0 Å². The van der Waals surface area contributed by atoms with Crippen LogP contribution in [-0.2, 0) is 13.0 Å². The lowest BCUT2D eigenvalue weighted by molar-refractivity contribution is 0.129. The number of aliphatic hydroxyl groups excluding tert-OH is 1. The minimum Gasteiger partial charge on any atom is -0.395 e. The molecule has 0 fully saturated rings. The third kappa shape index (κ3) is 4.71. The zero-order chi connectivity index (χ0) is 14.9. The fourth-order valence-corrected chi connectivity index (χ4v) is 2.42. The molecule has 0 radical (unpaired) electrons. The van der Waals surface area contributed by atoms with E-state index in [1.807, 2.05) is 53.4 Å². The SMILES string of the molecule is N#CCN(Cc1ccccc1)[C@H](CO)Cc1ccccc1. The van der Waals surface area contributed by atoms with Gasteiger partial charge in [-0.2, -0.15) is 5.26 Å². The zero-order valence-corrected chi connectivity index (χ0v) is 12.0. The molecule has 2 rings (SSSR count). The Kier molecular flexibility index (Phi) is 5.96. The molecule has 2 aromatic carbocycles. The van der Waals surface area contributed by atoms with Crippen LogP contribution in [0.3, 0.4) is 0 Å². The number of benzene rings is 2. The largest absolute Gasteiger partial charge is 0.395 e. The second-order valence-electron chi connectivity index (χ2n) is 5.07. The standard InChI is InChI=1S/C18H20N2O/c19-11-12-20(14-17-9-5-2-6-10-17)18(15-21)13-16-7-3-1-4-8-16/h1-10,18,21H,12-15H2/t18-/m0/s1. The lowest BCUT2D eigenvalue weighted by atomic mass is 10.0. The van der Waals surface area contributed by atoms with Gasteiger partial charge < -0.3 is 5.11 Å². The summed E-state index contributed by atoms with van der Waals surface area (Å²) in [5.41, 5.74) is 2.33. The fraction of sp³-hybridized carbons (Fsp3) is 0.278. The molecule has 0 spiro atoms. The van der Waals surface area contributed by atoms with Crippen LogP contribution in [0.5, 0.6) is 0 Å². The topological polar surface area (TPSA) is 47.3 Å². The predicted molar refractivity (Wildman–Crippen MR) is 83.5 cm³/mol. The Morgan fingerprint density at radius 2 is 1.52 bits per heavy atom. The van der Waals surface area contributed by atoms with Crippen molar-refractivity contribution in [2.75, 3.05) is 13.2 Å². The molecule has 0 aliphatic carbocycles. The van der Waals surface area contributed by atoms with Gasteiger partial charge >= 0.3 is 0 Å². The van der Waals surface area contributed by atoms with Crippen LogP contribution in [-0.4, -0.2) is 29.2 Å². The molecule has 3 nitrogen and oxygen atoms in total.